The summed E-state index contributed by atoms with van der Waals surface area (Å²) in [6.45, 7) is 8.07. The Morgan fingerprint density at radius 3 is 2.63 bits per heavy atom. The Kier molecular flexibility index (Phi) is 5.17. The minimum atomic E-state index is -0.967. The van der Waals surface area contributed by atoms with E-state index >= 15 is 0 Å². The van der Waals surface area contributed by atoms with Gasteiger partial charge in [0.25, 0.3) is 0 Å². The molecule has 0 aliphatic carbocycles. The number of likely N-dealkylation sites (N-methyl/N-ethyl adjacent to an activating group) is 1. The summed E-state index contributed by atoms with van der Waals surface area (Å²) in [5.74, 6) is -0.102. The molecule has 1 fully saturated rings. The lowest BCUT2D eigenvalue weighted by Gasteiger charge is -2.35. The zero-order valence-electron chi connectivity index (χ0n) is 12.4. The summed E-state index contributed by atoms with van der Waals surface area (Å²) < 4.78 is 0. The normalized spacial score (nSPS) is 23.3. The van der Waals surface area contributed by atoms with E-state index in [4.69, 9.17) is 10.9 Å². The Hall–Kier alpha value is -1.30. The molecule has 0 bridgehead atoms. The molecule has 19 heavy (non-hydrogen) atoms. The first kappa shape index (κ1) is 15.8. The maximum absolute atomic E-state index is 12.7. The molecule has 6 nitrogen and oxygen atoms in total. The summed E-state index contributed by atoms with van der Waals surface area (Å²) in [5, 5.41) is 11.8. The second kappa shape index (κ2) is 6.23. The summed E-state index contributed by atoms with van der Waals surface area (Å²) in [5.41, 5.74) is 4.69. The van der Waals surface area contributed by atoms with Gasteiger partial charge in [0.05, 0.1) is 0 Å². The average Bonchev–Trinajstić information content (AvgIpc) is 2.57. The maximum atomic E-state index is 12.7. The smallest absolute Gasteiger partial charge is 0.236 e. The van der Waals surface area contributed by atoms with Gasteiger partial charge in [-0.2, -0.15) is 0 Å². The van der Waals surface area contributed by atoms with Crippen molar-refractivity contribution >= 4 is 11.7 Å². The van der Waals surface area contributed by atoms with E-state index in [1.807, 2.05) is 4.90 Å². The van der Waals surface area contributed by atoms with Crippen LogP contribution in [-0.2, 0) is 4.79 Å². The molecule has 0 aromatic rings. The van der Waals surface area contributed by atoms with E-state index in [-0.39, 0.29) is 17.8 Å². The van der Waals surface area contributed by atoms with Gasteiger partial charge in [0.2, 0.25) is 5.91 Å². The van der Waals surface area contributed by atoms with Gasteiger partial charge in [-0.1, -0.05) is 12.1 Å². The van der Waals surface area contributed by atoms with Crippen molar-refractivity contribution in [2.75, 3.05) is 26.7 Å². The maximum Gasteiger partial charge on any atom is 0.236 e. The van der Waals surface area contributed by atoms with Gasteiger partial charge in [-0.25, -0.2) is 0 Å². The minimum Gasteiger partial charge on any atom is -0.409 e. The molecule has 1 unspecified atom stereocenters. The fourth-order valence-corrected chi connectivity index (χ4v) is 2.45. The van der Waals surface area contributed by atoms with Gasteiger partial charge in [0.15, 0.2) is 5.84 Å². The van der Waals surface area contributed by atoms with E-state index in [2.05, 4.69) is 24.0 Å². The molecule has 1 amide bonds. The van der Waals surface area contributed by atoms with Crippen LogP contribution in [0.1, 0.15) is 33.6 Å². The second-order valence-corrected chi connectivity index (χ2v) is 5.79. The van der Waals surface area contributed by atoms with Crippen molar-refractivity contribution < 1.29 is 10.0 Å². The van der Waals surface area contributed by atoms with Crippen molar-refractivity contribution in [2.45, 2.75) is 39.7 Å². The summed E-state index contributed by atoms with van der Waals surface area (Å²) in [4.78, 5) is 16.8. The molecule has 6 heteroatoms. The van der Waals surface area contributed by atoms with Crippen molar-refractivity contribution in [3.8, 4) is 0 Å². The van der Waals surface area contributed by atoms with Crippen LogP contribution in [0.5, 0.6) is 0 Å². The van der Waals surface area contributed by atoms with Crippen LogP contribution < -0.4 is 5.73 Å². The summed E-state index contributed by atoms with van der Waals surface area (Å²) in [7, 11) is 2.07. The van der Waals surface area contributed by atoms with Crippen molar-refractivity contribution in [3.63, 3.8) is 0 Å². The molecule has 1 atom stereocenters. The summed E-state index contributed by atoms with van der Waals surface area (Å²) in [6.07, 6.45) is 1.85. The first-order chi connectivity index (χ1) is 8.84. The first-order valence-corrected chi connectivity index (χ1v) is 6.82. The third-order valence-corrected chi connectivity index (χ3v) is 3.92. The van der Waals surface area contributed by atoms with E-state index < -0.39 is 5.41 Å². The fraction of sp³-hybridized carbons (Fsp3) is 0.846. The number of amides is 1. The zero-order chi connectivity index (χ0) is 14.6. The zero-order valence-corrected chi connectivity index (χ0v) is 12.4. The van der Waals surface area contributed by atoms with Crippen LogP contribution in [0.25, 0.3) is 0 Å². The lowest BCUT2D eigenvalue weighted by atomic mass is 9.89. The Labute approximate surface area is 115 Å². The van der Waals surface area contributed by atoms with E-state index in [0.717, 1.165) is 32.5 Å². The van der Waals surface area contributed by atoms with Crippen molar-refractivity contribution in [3.05, 3.63) is 0 Å². The molecule has 0 saturated carbocycles. The number of hydrogen-bond acceptors (Lipinski definition) is 4. The molecule has 0 radical (unpaired) electrons. The van der Waals surface area contributed by atoms with Gasteiger partial charge in [-0.05, 0) is 40.3 Å². The molecule has 1 aliphatic heterocycles. The molecular weight excluding hydrogens is 244 g/mol. The van der Waals surface area contributed by atoms with E-state index in [1.54, 1.807) is 13.8 Å². The highest BCUT2D eigenvalue weighted by molar-refractivity contribution is 6.06. The van der Waals surface area contributed by atoms with Crippen LogP contribution in [0, 0.1) is 5.41 Å². The molecule has 1 aliphatic rings. The predicted octanol–water partition coefficient (Wildman–Crippen LogP) is 0.702. The number of hydrogen-bond donors (Lipinski definition) is 2. The van der Waals surface area contributed by atoms with E-state index in [9.17, 15) is 4.79 Å². The second-order valence-electron chi connectivity index (χ2n) is 5.79. The summed E-state index contributed by atoms with van der Waals surface area (Å²) >= 11 is 0. The average molecular weight is 270 g/mol. The molecule has 0 aromatic carbocycles. The van der Waals surface area contributed by atoms with Gasteiger partial charge < -0.3 is 20.7 Å². The van der Waals surface area contributed by atoms with Crippen molar-refractivity contribution in [2.24, 2.45) is 16.3 Å². The van der Waals surface area contributed by atoms with Crippen LogP contribution in [0.3, 0.4) is 0 Å². The summed E-state index contributed by atoms with van der Waals surface area (Å²) in [6, 6.07) is 0.186. The molecular formula is C13H26N4O2. The monoisotopic (exact) mass is 270 g/mol. The number of amidine groups is 1. The van der Waals surface area contributed by atoms with Gasteiger partial charge >= 0.3 is 0 Å². The van der Waals surface area contributed by atoms with Crippen molar-refractivity contribution in [1.29, 1.82) is 0 Å². The Morgan fingerprint density at radius 2 is 2.11 bits per heavy atom. The van der Waals surface area contributed by atoms with Gasteiger partial charge in [0.1, 0.15) is 5.41 Å². The Morgan fingerprint density at radius 1 is 1.47 bits per heavy atom. The highest BCUT2D eigenvalue weighted by atomic mass is 16.4. The first-order valence-electron chi connectivity index (χ1n) is 6.82. The number of carbonyl (C=O) groups excluding carboxylic acids is 1. The third-order valence-electron chi connectivity index (χ3n) is 3.92. The number of rotatable bonds is 3. The van der Waals surface area contributed by atoms with Gasteiger partial charge in [0, 0.05) is 19.1 Å². The van der Waals surface area contributed by atoms with E-state index in [1.165, 1.54) is 0 Å². The number of nitrogens with zero attached hydrogens (tertiary/aromatic N) is 3. The predicted molar refractivity (Wildman–Crippen MR) is 75.1 cm³/mol. The minimum absolute atomic E-state index is 0.0371. The van der Waals surface area contributed by atoms with Crippen LogP contribution in [0.2, 0.25) is 0 Å². The molecule has 3 N–H and O–H groups in total. The number of carbonyl (C=O) groups is 1. The standard InChI is InChI=1S/C13H26N4O2/c1-5-10-9-16(4)7-6-8-17(10)12(18)13(2,3)11(14)15-19/h10,19H,5-9H2,1-4H3,(H2,14,15). The van der Waals surface area contributed by atoms with Crippen LogP contribution in [0.15, 0.2) is 5.16 Å². The quantitative estimate of drug-likeness (QED) is 0.342. The molecule has 110 valence electrons. The van der Waals surface area contributed by atoms with E-state index in [0.29, 0.717) is 0 Å². The SMILES string of the molecule is CCC1CN(C)CCCN1C(=O)C(C)(C)C(N)=NO. The Bertz CT molecular complexity index is 355. The molecule has 1 rings (SSSR count). The highest BCUT2D eigenvalue weighted by Crippen LogP contribution is 2.23. The Balaban J connectivity index is 2.95. The fourth-order valence-electron chi connectivity index (χ4n) is 2.45. The number of nitrogens with two attached hydrogens (primary N) is 1. The van der Waals surface area contributed by atoms with Crippen molar-refractivity contribution in [1.82, 2.24) is 9.80 Å². The number of oxime groups is 1. The van der Waals surface area contributed by atoms with Gasteiger partial charge in [-0.3, -0.25) is 4.79 Å². The largest absolute Gasteiger partial charge is 0.409 e. The van der Waals surface area contributed by atoms with Gasteiger partial charge in [-0.15, -0.1) is 0 Å². The van der Waals surface area contributed by atoms with Crippen LogP contribution in [0.4, 0.5) is 0 Å². The lowest BCUT2D eigenvalue weighted by Crippen LogP contribution is -2.52. The molecule has 0 aromatic heterocycles. The lowest BCUT2D eigenvalue weighted by molar-refractivity contribution is -0.139. The topological polar surface area (TPSA) is 82.2 Å². The molecule has 0 spiro atoms. The van der Waals surface area contributed by atoms with Crippen LogP contribution in [-0.4, -0.2) is 59.5 Å². The molecule has 1 saturated heterocycles. The third kappa shape index (κ3) is 3.37. The van der Waals surface area contributed by atoms with Crippen LogP contribution >= 0.6 is 0 Å². The highest BCUT2D eigenvalue weighted by Gasteiger charge is 2.39. The molecule has 1 heterocycles.